The standard InChI is InChI=1S/C20H14F3N3O2S/c21-20(22,23)16-5-1-4-8-19(16)29(27,28)25-14-9-11-15(12-10-14)26-13-24-17-6-2-3-7-18(17)26/h1-13,25H. The molecule has 0 unspecified atom stereocenters. The second kappa shape index (κ2) is 6.93. The van der Waals surface area contributed by atoms with E-state index in [2.05, 4.69) is 9.71 Å². The maximum Gasteiger partial charge on any atom is 0.417 e. The quantitative estimate of drug-likeness (QED) is 0.517. The second-order valence-corrected chi connectivity index (χ2v) is 7.90. The molecule has 0 amide bonds. The molecule has 0 radical (unpaired) electrons. The van der Waals surface area contributed by atoms with Crippen molar-refractivity contribution in [2.24, 2.45) is 0 Å². The van der Waals surface area contributed by atoms with E-state index in [1.807, 2.05) is 28.8 Å². The molecule has 4 aromatic rings. The lowest BCUT2D eigenvalue weighted by Crippen LogP contribution is -2.18. The van der Waals surface area contributed by atoms with Crippen LogP contribution in [-0.4, -0.2) is 18.0 Å². The minimum atomic E-state index is -4.78. The molecule has 3 aromatic carbocycles. The molecule has 0 aliphatic carbocycles. The van der Waals surface area contributed by atoms with E-state index in [9.17, 15) is 21.6 Å². The molecule has 1 aromatic heterocycles. The van der Waals surface area contributed by atoms with Crippen molar-refractivity contribution in [3.8, 4) is 5.69 Å². The third-order valence-electron chi connectivity index (χ3n) is 4.33. The molecule has 29 heavy (non-hydrogen) atoms. The Bertz CT molecular complexity index is 1280. The lowest BCUT2D eigenvalue weighted by atomic mass is 10.2. The van der Waals surface area contributed by atoms with E-state index >= 15 is 0 Å². The SMILES string of the molecule is O=S(=O)(Nc1ccc(-n2cnc3ccccc32)cc1)c1ccccc1C(F)(F)F. The van der Waals surface area contributed by atoms with Crippen molar-refractivity contribution in [1.29, 1.82) is 0 Å². The average molecular weight is 417 g/mol. The molecule has 1 N–H and O–H groups in total. The van der Waals surface area contributed by atoms with E-state index in [1.54, 1.807) is 18.5 Å². The minimum Gasteiger partial charge on any atom is -0.299 e. The normalized spacial score (nSPS) is 12.2. The number of sulfonamides is 1. The molecule has 1 heterocycles. The Morgan fingerprint density at radius 1 is 0.862 bits per heavy atom. The van der Waals surface area contributed by atoms with Crippen LogP contribution in [0.3, 0.4) is 0 Å². The van der Waals surface area contributed by atoms with Gasteiger partial charge in [0.2, 0.25) is 0 Å². The maximum absolute atomic E-state index is 13.2. The zero-order valence-electron chi connectivity index (χ0n) is 14.8. The Labute approximate surface area is 164 Å². The van der Waals surface area contributed by atoms with Gasteiger partial charge in [-0.1, -0.05) is 24.3 Å². The highest BCUT2D eigenvalue weighted by atomic mass is 32.2. The third-order valence-corrected chi connectivity index (χ3v) is 5.77. The van der Waals surface area contributed by atoms with Gasteiger partial charge in [0.05, 0.1) is 21.5 Å². The summed E-state index contributed by atoms with van der Waals surface area (Å²) < 4.78 is 68.6. The summed E-state index contributed by atoms with van der Waals surface area (Å²) in [6, 6.07) is 17.8. The number of halogens is 3. The van der Waals surface area contributed by atoms with Gasteiger partial charge in [-0.15, -0.1) is 0 Å². The molecule has 9 heteroatoms. The monoisotopic (exact) mass is 417 g/mol. The molecule has 148 valence electrons. The van der Waals surface area contributed by atoms with E-state index in [4.69, 9.17) is 0 Å². The highest BCUT2D eigenvalue weighted by Gasteiger charge is 2.36. The summed E-state index contributed by atoms with van der Waals surface area (Å²) in [5.74, 6) is 0. The molecular weight excluding hydrogens is 403 g/mol. The Morgan fingerprint density at radius 3 is 2.24 bits per heavy atom. The summed E-state index contributed by atoms with van der Waals surface area (Å²) in [6.45, 7) is 0. The number of benzene rings is 3. The van der Waals surface area contributed by atoms with Crippen LogP contribution in [0, 0.1) is 0 Å². The number of para-hydroxylation sites is 2. The summed E-state index contributed by atoms with van der Waals surface area (Å²) in [7, 11) is -4.42. The predicted octanol–water partition coefficient (Wildman–Crippen LogP) is 4.85. The van der Waals surface area contributed by atoms with Crippen LogP contribution < -0.4 is 4.72 Å². The molecule has 5 nitrogen and oxygen atoms in total. The largest absolute Gasteiger partial charge is 0.417 e. The van der Waals surface area contributed by atoms with Gasteiger partial charge in [0.15, 0.2) is 0 Å². The number of nitrogens with one attached hydrogen (secondary N) is 1. The number of hydrogen-bond acceptors (Lipinski definition) is 3. The molecule has 0 saturated heterocycles. The molecule has 0 saturated carbocycles. The Hall–Kier alpha value is -3.33. The van der Waals surface area contributed by atoms with Gasteiger partial charge in [0.25, 0.3) is 10.0 Å². The van der Waals surface area contributed by atoms with Crippen molar-refractivity contribution in [3.63, 3.8) is 0 Å². The van der Waals surface area contributed by atoms with Gasteiger partial charge in [-0.05, 0) is 48.5 Å². The number of rotatable bonds is 4. The minimum absolute atomic E-state index is 0.148. The predicted molar refractivity (Wildman–Crippen MR) is 103 cm³/mol. The number of aromatic nitrogens is 2. The van der Waals surface area contributed by atoms with Crippen molar-refractivity contribution in [2.75, 3.05) is 4.72 Å². The zero-order valence-corrected chi connectivity index (χ0v) is 15.6. The summed E-state index contributed by atoms with van der Waals surface area (Å²) in [5.41, 5.74) is 1.35. The number of nitrogens with zero attached hydrogens (tertiary/aromatic N) is 2. The fourth-order valence-corrected chi connectivity index (χ4v) is 4.29. The Balaban J connectivity index is 1.64. The number of anilines is 1. The molecule has 0 spiro atoms. The molecule has 0 aliphatic heterocycles. The van der Waals surface area contributed by atoms with Gasteiger partial charge < -0.3 is 0 Å². The van der Waals surface area contributed by atoms with Crippen LogP contribution in [0.25, 0.3) is 16.7 Å². The van der Waals surface area contributed by atoms with E-state index in [0.29, 0.717) is 0 Å². The number of alkyl halides is 3. The summed E-state index contributed by atoms with van der Waals surface area (Å²) >= 11 is 0. The summed E-state index contributed by atoms with van der Waals surface area (Å²) in [4.78, 5) is 3.47. The van der Waals surface area contributed by atoms with Crippen LogP contribution in [0.4, 0.5) is 18.9 Å². The molecule has 4 rings (SSSR count). The highest BCUT2D eigenvalue weighted by Crippen LogP contribution is 2.34. The van der Waals surface area contributed by atoms with Crippen LogP contribution in [-0.2, 0) is 16.2 Å². The van der Waals surface area contributed by atoms with Gasteiger partial charge in [0, 0.05) is 11.4 Å². The van der Waals surface area contributed by atoms with Gasteiger partial charge >= 0.3 is 6.18 Å². The molecule has 0 atom stereocenters. The van der Waals surface area contributed by atoms with Crippen molar-refractivity contribution < 1.29 is 21.6 Å². The van der Waals surface area contributed by atoms with Gasteiger partial charge in [-0.25, -0.2) is 13.4 Å². The lowest BCUT2D eigenvalue weighted by Gasteiger charge is -2.14. The Morgan fingerprint density at radius 2 is 1.52 bits per heavy atom. The number of fused-ring (bicyclic) bond motifs is 1. The molecule has 0 bridgehead atoms. The molecule has 0 aliphatic rings. The summed E-state index contributed by atoms with van der Waals surface area (Å²) in [6.07, 6.45) is -3.14. The smallest absolute Gasteiger partial charge is 0.299 e. The number of imidazole rings is 1. The first-order valence-electron chi connectivity index (χ1n) is 8.47. The van der Waals surface area contributed by atoms with Crippen molar-refractivity contribution in [1.82, 2.24) is 9.55 Å². The van der Waals surface area contributed by atoms with E-state index in [1.165, 1.54) is 18.2 Å². The topological polar surface area (TPSA) is 64.0 Å². The zero-order chi connectivity index (χ0) is 20.6. The summed E-state index contributed by atoms with van der Waals surface area (Å²) in [5, 5.41) is 0. The van der Waals surface area contributed by atoms with Crippen LogP contribution in [0.5, 0.6) is 0 Å². The number of hydrogen-bond donors (Lipinski definition) is 1. The van der Waals surface area contributed by atoms with Crippen LogP contribution >= 0.6 is 0 Å². The van der Waals surface area contributed by atoms with Crippen molar-refractivity contribution >= 4 is 26.7 Å². The maximum atomic E-state index is 13.2. The van der Waals surface area contributed by atoms with Crippen molar-refractivity contribution in [2.45, 2.75) is 11.1 Å². The first kappa shape index (κ1) is 19.0. The fourth-order valence-electron chi connectivity index (χ4n) is 3.00. The van der Waals surface area contributed by atoms with Gasteiger partial charge in [0.1, 0.15) is 6.33 Å². The van der Waals surface area contributed by atoms with Crippen LogP contribution in [0.2, 0.25) is 0 Å². The van der Waals surface area contributed by atoms with E-state index < -0.39 is 26.7 Å². The average Bonchev–Trinajstić information content (AvgIpc) is 3.12. The van der Waals surface area contributed by atoms with Gasteiger partial charge in [-0.2, -0.15) is 13.2 Å². The van der Waals surface area contributed by atoms with Gasteiger partial charge in [-0.3, -0.25) is 9.29 Å². The van der Waals surface area contributed by atoms with Crippen molar-refractivity contribution in [3.05, 3.63) is 84.7 Å². The third kappa shape index (κ3) is 3.68. The lowest BCUT2D eigenvalue weighted by molar-refractivity contribution is -0.139. The van der Waals surface area contributed by atoms with E-state index in [-0.39, 0.29) is 5.69 Å². The fraction of sp³-hybridized carbons (Fsp3) is 0.0500. The Kier molecular flexibility index (Phi) is 4.54. The first-order valence-corrected chi connectivity index (χ1v) is 9.95. The second-order valence-electron chi connectivity index (χ2n) is 6.25. The van der Waals surface area contributed by atoms with Crippen LogP contribution in [0.15, 0.2) is 84.0 Å². The van der Waals surface area contributed by atoms with Crippen LogP contribution in [0.1, 0.15) is 5.56 Å². The van der Waals surface area contributed by atoms with E-state index in [0.717, 1.165) is 34.9 Å². The molecule has 0 fully saturated rings. The molecular formula is C20H14F3N3O2S. The highest BCUT2D eigenvalue weighted by molar-refractivity contribution is 7.92. The first-order chi connectivity index (χ1) is 13.8.